The van der Waals surface area contributed by atoms with E-state index in [2.05, 4.69) is 10.2 Å². The van der Waals surface area contributed by atoms with Crippen LogP contribution < -0.4 is 5.32 Å². The van der Waals surface area contributed by atoms with Gasteiger partial charge in [0.2, 0.25) is 0 Å². The predicted molar refractivity (Wildman–Crippen MR) is 76.0 cm³/mol. The maximum atomic E-state index is 9.55. The van der Waals surface area contributed by atoms with Crippen molar-refractivity contribution in [3.8, 4) is 0 Å². The molecule has 0 unspecified atom stereocenters. The number of aliphatic carboxylic acids is 2. The molecule has 8 heteroatoms. The number of aliphatic hydroxyl groups excluding tert-OH is 2. The van der Waals surface area contributed by atoms with E-state index in [9.17, 15) is 9.59 Å². The molecule has 2 saturated heterocycles. The molecule has 5 N–H and O–H groups in total. The van der Waals surface area contributed by atoms with Crippen LogP contribution >= 0.6 is 0 Å². The fourth-order valence-electron chi connectivity index (χ4n) is 1.45. The number of carbonyl (C=O) groups is 2. The highest BCUT2D eigenvalue weighted by molar-refractivity contribution is 5.89. The summed E-state index contributed by atoms with van der Waals surface area (Å²) in [5.41, 5.74) is 0. The minimum atomic E-state index is -1.26. The van der Waals surface area contributed by atoms with Crippen molar-refractivity contribution in [3.05, 3.63) is 12.2 Å². The Kier molecular flexibility index (Phi) is 10.4. The third kappa shape index (κ3) is 9.97. The Hall–Kier alpha value is -1.48. The molecule has 0 amide bonds. The number of hydrogen-bond acceptors (Lipinski definition) is 6. The Balaban J connectivity index is 0.000000288. The lowest BCUT2D eigenvalue weighted by Gasteiger charge is -2.36. The quantitative estimate of drug-likeness (QED) is 0.407. The van der Waals surface area contributed by atoms with Gasteiger partial charge >= 0.3 is 11.9 Å². The SMILES string of the molecule is CN1CC[C@H]1CO.O=C(O)/C=C/C(=O)O.OC[C@@H]1CCN1. The van der Waals surface area contributed by atoms with Gasteiger partial charge in [-0.25, -0.2) is 9.59 Å². The lowest BCUT2D eigenvalue weighted by Crippen LogP contribution is -2.46. The summed E-state index contributed by atoms with van der Waals surface area (Å²) in [6, 6.07) is 0.894. The van der Waals surface area contributed by atoms with Gasteiger partial charge in [-0.3, -0.25) is 0 Å². The molecule has 0 saturated carbocycles. The first kappa shape index (κ1) is 19.5. The molecule has 21 heavy (non-hydrogen) atoms. The van der Waals surface area contributed by atoms with Gasteiger partial charge in [0, 0.05) is 24.2 Å². The molecule has 2 atom stereocenters. The molecule has 2 fully saturated rings. The highest BCUT2D eigenvalue weighted by Crippen LogP contribution is 2.11. The van der Waals surface area contributed by atoms with Crippen molar-refractivity contribution in [1.82, 2.24) is 10.2 Å². The molecule has 0 bridgehead atoms. The van der Waals surface area contributed by atoms with Crippen molar-refractivity contribution in [1.29, 1.82) is 0 Å². The average molecular weight is 304 g/mol. The molecule has 0 aromatic rings. The summed E-state index contributed by atoms with van der Waals surface area (Å²) in [5, 5.41) is 35.5. The molecular weight excluding hydrogens is 280 g/mol. The van der Waals surface area contributed by atoms with Crippen LogP contribution in [-0.4, -0.2) is 82.7 Å². The Morgan fingerprint density at radius 2 is 1.67 bits per heavy atom. The summed E-state index contributed by atoms with van der Waals surface area (Å²) in [7, 11) is 2.03. The van der Waals surface area contributed by atoms with Crippen LogP contribution in [0.2, 0.25) is 0 Å². The molecule has 0 aliphatic carbocycles. The van der Waals surface area contributed by atoms with Gasteiger partial charge in [-0.15, -0.1) is 0 Å². The zero-order chi connectivity index (χ0) is 16.3. The number of hydrogen-bond donors (Lipinski definition) is 5. The molecule has 2 aliphatic rings. The zero-order valence-corrected chi connectivity index (χ0v) is 12.1. The normalized spacial score (nSPS) is 23.8. The van der Waals surface area contributed by atoms with Crippen molar-refractivity contribution in [3.63, 3.8) is 0 Å². The van der Waals surface area contributed by atoms with Crippen LogP contribution in [0.15, 0.2) is 12.2 Å². The third-order valence-electron chi connectivity index (χ3n) is 3.16. The number of nitrogens with one attached hydrogen (secondary N) is 1. The van der Waals surface area contributed by atoms with E-state index in [1.807, 2.05) is 7.05 Å². The molecule has 2 rings (SSSR count). The van der Waals surface area contributed by atoms with Gasteiger partial charge in [-0.2, -0.15) is 0 Å². The van der Waals surface area contributed by atoms with Gasteiger partial charge in [0.05, 0.1) is 13.2 Å². The van der Waals surface area contributed by atoms with Crippen LogP contribution in [0.4, 0.5) is 0 Å². The van der Waals surface area contributed by atoms with Crippen LogP contribution in [-0.2, 0) is 9.59 Å². The molecule has 0 aromatic carbocycles. The van der Waals surface area contributed by atoms with E-state index in [1.54, 1.807) is 0 Å². The van der Waals surface area contributed by atoms with Crippen molar-refractivity contribution >= 4 is 11.9 Å². The van der Waals surface area contributed by atoms with Crippen molar-refractivity contribution in [2.75, 3.05) is 33.4 Å². The Bertz CT molecular complexity index is 323. The van der Waals surface area contributed by atoms with Crippen LogP contribution in [0.1, 0.15) is 12.8 Å². The summed E-state index contributed by atoms with van der Waals surface area (Å²) >= 11 is 0. The summed E-state index contributed by atoms with van der Waals surface area (Å²) in [4.78, 5) is 21.3. The number of carboxylic acid groups (broad SMARTS) is 2. The number of aliphatic hydroxyl groups is 2. The van der Waals surface area contributed by atoms with Crippen LogP contribution in [0, 0.1) is 0 Å². The molecule has 122 valence electrons. The molecule has 2 aliphatic heterocycles. The third-order valence-corrected chi connectivity index (χ3v) is 3.16. The monoisotopic (exact) mass is 304 g/mol. The highest BCUT2D eigenvalue weighted by atomic mass is 16.4. The first-order valence-corrected chi connectivity index (χ1v) is 6.70. The van der Waals surface area contributed by atoms with E-state index in [-0.39, 0.29) is 0 Å². The van der Waals surface area contributed by atoms with Gasteiger partial charge in [-0.05, 0) is 33.0 Å². The van der Waals surface area contributed by atoms with E-state index in [4.69, 9.17) is 20.4 Å². The highest BCUT2D eigenvalue weighted by Gasteiger charge is 2.21. The molecule has 2 heterocycles. The van der Waals surface area contributed by atoms with Gasteiger partial charge in [0.15, 0.2) is 0 Å². The van der Waals surface area contributed by atoms with Gasteiger partial charge < -0.3 is 30.6 Å². The molecule has 0 spiro atoms. The maximum absolute atomic E-state index is 9.55. The second-order valence-electron chi connectivity index (χ2n) is 4.74. The summed E-state index contributed by atoms with van der Waals surface area (Å²) in [6.07, 6.45) is 3.44. The zero-order valence-electron chi connectivity index (χ0n) is 12.1. The summed E-state index contributed by atoms with van der Waals surface area (Å²) < 4.78 is 0. The number of likely N-dealkylation sites (tertiary alicyclic amines) is 1. The van der Waals surface area contributed by atoms with E-state index in [0.29, 0.717) is 37.4 Å². The first-order chi connectivity index (χ1) is 9.90. The van der Waals surface area contributed by atoms with Crippen molar-refractivity contribution in [2.24, 2.45) is 0 Å². The first-order valence-electron chi connectivity index (χ1n) is 6.70. The molecule has 8 nitrogen and oxygen atoms in total. The minimum Gasteiger partial charge on any atom is -0.478 e. The fourth-order valence-corrected chi connectivity index (χ4v) is 1.45. The molecule has 0 radical (unpaired) electrons. The van der Waals surface area contributed by atoms with Crippen molar-refractivity contribution in [2.45, 2.75) is 24.9 Å². The van der Waals surface area contributed by atoms with Gasteiger partial charge in [-0.1, -0.05) is 0 Å². The van der Waals surface area contributed by atoms with Gasteiger partial charge in [0.25, 0.3) is 0 Å². The van der Waals surface area contributed by atoms with E-state index < -0.39 is 11.9 Å². The Labute approximate surface area is 123 Å². The topological polar surface area (TPSA) is 130 Å². The lowest BCUT2D eigenvalue weighted by atomic mass is 10.1. The number of carboxylic acids is 2. The number of nitrogens with zero attached hydrogens (tertiary/aromatic N) is 1. The van der Waals surface area contributed by atoms with Crippen LogP contribution in [0.3, 0.4) is 0 Å². The lowest BCUT2D eigenvalue weighted by molar-refractivity contribution is -0.134. The van der Waals surface area contributed by atoms with E-state index in [1.165, 1.54) is 6.42 Å². The Morgan fingerprint density at radius 1 is 1.14 bits per heavy atom. The van der Waals surface area contributed by atoms with Crippen LogP contribution in [0.25, 0.3) is 0 Å². The second kappa shape index (κ2) is 11.2. The minimum absolute atomic E-state index is 0.306. The van der Waals surface area contributed by atoms with E-state index in [0.717, 1.165) is 19.5 Å². The summed E-state index contributed by atoms with van der Waals surface area (Å²) in [5.74, 6) is -2.51. The predicted octanol–water partition coefficient (Wildman–Crippen LogP) is -1.26. The number of rotatable bonds is 4. The smallest absolute Gasteiger partial charge is 0.328 e. The average Bonchev–Trinajstić information content (AvgIpc) is 2.35. The molecular formula is C13H24N2O6. The summed E-state index contributed by atoms with van der Waals surface area (Å²) in [6.45, 7) is 2.88. The Morgan fingerprint density at radius 3 is 1.71 bits per heavy atom. The largest absolute Gasteiger partial charge is 0.478 e. The standard InChI is InChI=1S/C5H11NO.C4H9NO.C4H4O4/c1-6-3-2-5(6)4-7;6-3-4-1-2-5-4;5-3(6)1-2-4(7)8/h5,7H,2-4H2,1H3;4-6H,1-3H2;1-2H,(H,5,6)(H,7,8)/b;;2-1+/t5-;4-;/m00./s1. The second-order valence-corrected chi connectivity index (χ2v) is 4.74. The van der Waals surface area contributed by atoms with Crippen molar-refractivity contribution < 1.29 is 30.0 Å². The fraction of sp³-hybridized carbons (Fsp3) is 0.692. The molecule has 0 aromatic heterocycles. The number of likely N-dealkylation sites (N-methyl/N-ethyl adjacent to an activating group) is 1. The van der Waals surface area contributed by atoms with E-state index >= 15 is 0 Å². The van der Waals surface area contributed by atoms with Gasteiger partial charge in [0.1, 0.15) is 0 Å². The maximum Gasteiger partial charge on any atom is 0.328 e. The van der Waals surface area contributed by atoms with Crippen LogP contribution in [0.5, 0.6) is 0 Å².